The van der Waals surface area contributed by atoms with E-state index in [2.05, 4.69) is 20.9 Å². The molecule has 0 saturated heterocycles. The number of amides is 2. The Balaban J connectivity index is 1.69. The van der Waals surface area contributed by atoms with Crippen LogP contribution in [0.3, 0.4) is 0 Å². The summed E-state index contributed by atoms with van der Waals surface area (Å²) in [5.74, 6) is 0.526. The molecule has 1 aromatic heterocycles. The van der Waals surface area contributed by atoms with Crippen molar-refractivity contribution >= 4 is 52.1 Å². The number of methoxy groups -OCH3 is 1. The van der Waals surface area contributed by atoms with Gasteiger partial charge in [0.2, 0.25) is 17.7 Å². The first-order chi connectivity index (χ1) is 15.4. The lowest BCUT2D eigenvalue weighted by Crippen LogP contribution is -2.22. The molecule has 0 saturated carbocycles. The van der Waals surface area contributed by atoms with Crippen LogP contribution in [-0.2, 0) is 9.59 Å². The second kappa shape index (κ2) is 10.7. The highest BCUT2D eigenvalue weighted by molar-refractivity contribution is 6.35. The number of para-hydroxylation sites is 2. The standard InChI is InChI=1S/C22H20Cl2N4O4/c1-13(29)27-15-7-8-19(31-2)18(10-15)28-21(30)12-25-17-5-3-4-6-20(17)32-22-16(24)9-14(23)11-26-22/h3-11,25H,12H2,1-2H3,(H,27,29)(H,28,30). The number of pyridine rings is 1. The Morgan fingerprint density at radius 3 is 2.50 bits per heavy atom. The van der Waals surface area contributed by atoms with E-state index in [1.54, 1.807) is 42.5 Å². The SMILES string of the molecule is COc1ccc(NC(C)=O)cc1NC(=O)CNc1ccccc1Oc1ncc(Cl)cc1Cl. The molecule has 2 aromatic carbocycles. The second-order valence-electron chi connectivity index (χ2n) is 6.54. The number of anilines is 3. The predicted octanol–water partition coefficient (Wildman–Crippen LogP) is 5.20. The fourth-order valence-corrected chi connectivity index (χ4v) is 3.16. The summed E-state index contributed by atoms with van der Waals surface area (Å²) in [6, 6.07) is 13.5. The van der Waals surface area contributed by atoms with Crippen molar-refractivity contribution in [3.05, 3.63) is 64.8 Å². The van der Waals surface area contributed by atoms with Gasteiger partial charge in [-0.2, -0.15) is 0 Å². The fraction of sp³-hybridized carbons (Fsp3) is 0.136. The third kappa shape index (κ3) is 6.26. The third-order valence-corrected chi connectivity index (χ3v) is 4.58. The Bertz CT molecular complexity index is 1140. The first-order valence-corrected chi connectivity index (χ1v) is 10.2. The number of benzene rings is 2. The fourth-order valence-electron chi connectivity index (χ4n) is 2.74. The lowest BCUT2D eigenvalue weighted by atomic mass is 10.2. The maximum absolute atomic E-state index is 12.5. The molecule has 166 valence electrons. The van der Waals surface area contributed by atoms with E-state index >= 15 is 0 Å². The highest BCUT2D eigenvalue weighted by atomic mass is 35.5. The quantitative estimate of drug-likeness (QED) is 0.414. The van der Waals surface area contributed by atoms with Crippen LogP contribution < -0.4 is 25.4 Å². The van der Waals surface area contributed by atoms with Gasteiger partial charge in [0, 0.05) is 18.8 Å². The molecule has 0 radical (unpaired) electrons. The number of carbonyl (C=O) groups excluding carboxylic acids is 2. The molecule has 0 aliphatic carbocycles. The topological polar surface area (TPSA) is 102 Å². The largest absolute Gasteiger partial charge is 0.495 e. The lowest BCUT2D eigenvalue weighted by molar-refractivity contribution is -0.115. The van der Waals surface area contributed by atoms with E-state index in [1.165, 1.54) is 26.3 Å². The number of carbonyl (C=O) groups is 2. The average Bonchev–Trinajstić information content (AvgIpc) is 2.75. The molecule has 1 heterocycles. The molecule has 0 aliphatic heterocycles. The Morgan fingerprint density at radius 2 is 1.78 bits per heavy atom. The van der Waals surface area contributed by atoms with Gasteiger partial charge in [-0.05, 0) is 36.4 Å². The summed E-state index contributed by atoms with van der Waals surface area (Å²) in [7, 11) is 1.49. The van der Waals surface area contributed by atoms with Crippen LogP contribution in [0.15, 0.2) is 54.7 Å². The Labute approximate surface area is 194 Å². The molecule has 3 N–H and O–H groups in total. The van der Waals surface area contributed by atoms with Crippen molar-refractivity contribution in [1.29, 1.82) is 0 Å². The van der Waals surface area contributed by atoms with Crippen molar-refractivity contribution in [2.75, 3.05) is 29.6 Å². The van der Waals surface area contributed by atoms with Gasteiger partial charge in [-0.25, -0.2) is 4.98 Å². The van der Waals surface area contributed by atoms with Gasteiger partial charge in [0.05, 0.1) is 30.1 Å². The smallest absolute Gasteiger partial charge is 0.243 e. The minimum Gasteiger partial charge on any atom is -0.495 e. The van der Waals surface area contributed by atoms with Gasteiger partial charge < -0.3 is 25.4 Å². The van der Waals surface area contributed by atoms with Crippen LogP contribution >= 0.6 is 23.2 Å². The number of nitrogens with zero attached hydrogens (tertiary/aromatic N) is 1. The molecule has 8 nitrogen and oxygen atoms in total. The van der Waals surface area contributed by atoms with Gasteiger partial charge in [0.15, 0.2) is 5.75 Å². The minimum absolute atomic E-state index is 0.0599. The highest BCUT2D eigenvalue weighted by Gasteiger charge is 2.12. The van der Waals surface area contributed by atoms with E-state index in [0.29, 0.717) is 33.6 Å². The molecule has 0 bridgehead atoms. The van der Waals surface area contributed by atoms with Crippen molar-refractivity contribution in [2.45, 2.75) is 6.92 Å². The second-order valence-corrected chi connectivity index (χ2v) is 7.38. The van der Waals surface area contributed by atoms with Crippen molar-refractivity contribution in [2.24, 2.45) is 0 Å². The van der Waals surface area contributed by atoms with E-state index in [9.17, 15) is 9.59 Å². The maximum atomic E-state index is 12.5. The van der Waals surface area contributed by atoms with Crippen molar-refractivity contribution < 1.29 is 19.1 Å². The zero-order valence-corrected chi connectivity index (χ0v) is 18.8. The first-order valence-electron chi connectivity index (χ1n) is 9.43. The van der Waals surface area contributed by atoms with E-state index in [4.69, 9.17) is 32.7 Å². The summed E-state index contributed by atoms with van der Waals surface area (Å²) < 4.78 is 11.1. The Morgan fingerprint density at radius 1 is 1.00 bits per heavy atom. The van der Waals surface area contributed by atoms with E-state index in [1.807, 2.05) is 0 Å². The van der Waals surface area contributed by atoms with Crippen LogP contribution in [0.1, 0.15) is 6.92 Å². The molecule has 32 heavy (non-hydrogen) atoms. The molecule has 0 unspecified atom stereocenters. The van der Waals surface area contributed by atoms with Crippen LogP contribution in [0.25, 0.3) is 0 Å². The van der Waals surface area contributed by atoms with Crippen molar-refractivity contribution in [1.82, 2.24) is 4.98 Å². The molecule has 10 heteroatoms. The maximum Gasteiger partial charge on any atom is 0.243 e. The summed E-state index contributed by atoms with van der Waals surface area (Å²) in [5, 5.41) is 9.10. The monoisotopic (exact) mass is 474 g/mol. The highest BCUT2D eigenvalue weighted by Crippen LogP contribution is 2.33. The van der Waals surface area contributed by atoms with E-state index < -0.39 is 0 Å². The predicted molar refractivity (Wildman–Crippen MR) is 125 cm³/mol. The molecule has 0 atom stereocenters. The van der Waals surface area contributed by atoms with E-state index in [-0.39, 0.29) is 29.3 Å². The Kier molecular flexibility index (Phi) is 7.75. The van der Waals surface area contributed by atoms with Gasteiger partial charge >= 0.3 is 0 Å². The lowest BCUT2D eigenvalue weighted by Gasteiger charge is -2.15. The van der Waals surface area contributed by atoms with Gasteiger partial charge in [-0.3, -0.25) is 9.59 Å². The zero-order chi connectivity index (χ0) is 23.1. The average molecular weight is 475 g/mol. The molecule has 0 aliphatic rings. The Hall–Kier alpha value is -3.49. The molecule has 0 spiro atoms. The van der Waals surface area contributed by atoms with Crippen LogP contribution in [0.2, 0.25) is 10.0 Å². The number of hydrogen-bond donors (Lipinski definition) is 3. The van der Waals surface area contributed by atoms with Crippen LogP contribution in [0, 0.1) is 0 Å². The number of halogens is 2. The van der Waals surface area contributed by atoms with Crippen molar-refractivity contribution in [3.8, 4) is 17.4 Å². The van der Waals surface area contributed by atoms with Gasteiger partial charge in [-0.1, -0.05) is 35.3 Å². The summed E-state index contributed by atoms with van der Waals surface area (Å²) >= 11 is 12.0. The summed E-state index contributed by atoms with van der Waals surface area (Å²) in [6.45, 7) is 1.34. The number of hydrogen-bond acceptors (Lipinski definition) is 6. The molecule has 3 aromatic rings. The van der Waals surface area contributed by atoms with Crippen molar-refractivity contribution in [3.63, 3.8) is 0 Å². The number of nitrogens with one attached hydrogen (secondary N) is 3. The molecule has 3 rings (SSSR count). The summed E-state index contributed by atoms with van der Waals surface area (Å²) in [4.78, 5) is 27.9. The summed E-state index contributed by atoms with van der Waals surface area (Å²) in [5.41, 5.74) is 1.52. The molecule has 2 amide bonds. The first kappa shape index (κ1) is 23.2. The summed E-state index contributed by atoms with van der Waals surface area (Å²) in [6.07, 6.45) is 1.43. The molecular weight excluding hydrogens is 455 g/mol. The molecule has 0 fully saturated rings. The van der Waals surface area contributed by atoms with E-state index in [0.717, 1.165) is 0 Å². The van der Waals surface area contributed by atoms with Gasteiger partial charge in [0.1, 0.15) is 10.8 Å². The van der Waals surface area contributed by atoms with Crippen LogP contribution in [0.5, 0.6) is 17.4 Å². The normalized spacial score (nSPS) is 10.2. The van der Waals surface area contributed by atoms with Gasteiger partial charge in [-0.15, -0.1) is 0 Å². The minimum atomic E-state index is -0.333. The molecular formula is C22H20Cl2N4O4. The van der Waals surface area contributed by atoms with Gasteiger partial charge in [0.25, 0.3) is 0 Å². The number of rotatable bonds is 8. The van der Waals surface area contributed by atoms with Crippen LogP contribution in [-0.4, -0.2) is 30.5 Å². The third-order valence-electron chi connectivity index (χ3n) is 4.10. The number of aromatic nitrogens is 1. The number of ether oxygens (including phenoxy) is 2. The zero-order valence-electron chi connectivity index (χ0n) is 17.2. The van der Waals surface area contributed by atoms with Crippen LogP contribution in [0.4, 0.5) is 17.1 Å².